The van der Waals surface area contributed by atoms with Crippen molar-refractivity contribution < 1.29 is 18.4 Å². The summed E-state index contributed by atoms with van der Waals surface area (Å²) in [5.74, 6) is 0.251. The van der Waals surface area contributed by atoms with Crippen molar-refractivity contribution in [3.8, 4) is 21.9 Å². The molecule has 8 nitrogen and oxygen atoms in total. The van der Waals surface area contributed by atoms with Gasteiger partial charge in [-0.05, 0) is 67.5 Å². The number of aryl methyl sites for hydroxylation is 3. The van der Waals surface area contributed by atoms with E-state index in [0.29, 0.717) is 46.3 Å². The average molecular weight is 544 g/mol. The molecular weight excluding hydrogens is 517 g/mol. The van der Waals surface area contributed by atoms with Crippen LogP contribution in [-0.4, -0.2) is 38.4 Å². The van der Waals surface area contributed by atoms with Gasteiger partial charge in [0.1, 0.15) is 5.82 Å². The monoisotopic (exact) mass is 543 g/mol. The Balaban J connectivity index is 1.31. The van der Waals surface area contributed by atoms with Gasteiger partial charge in [-0.25, -0.2) is 4.39 Å². The zero-order valence-corrected chi connectivity index (χ0v) is 22.4. The predicted octanol–water partition coefficient (Wildman–Crippen LogP) is 5.58. The van der Waals surface area contributed by atoms with Gasteiger partial charge in [-0.3, -0.25) is 14.6 Å². The summed E-state index contributed by atoms with van der Waals surface area (Å²) in [4.78, 5) is 35.2. The van der Waals surface area contributed by atoms with E-state index < -0.39 is 0 Å². The average Bonchev–Trinajstić information content (AvgIpc) is 3.75. The summed E-state index contributed by atoms with van der Waals surface area (Å²) >= 11 is 1.33. The minimum Gasteiger partial charge on any atom is -0.421 e. The summed E-state index contributed by atoms with van der Waals surface area (Å²) in [6.07, 6.45) is 3.92. The fraction of sp³-hybridized carbons (Fsp3) is 0.345. The smallest absolute Gasteiger partial charge is 0.261 e. The molecule has 2 atom stereocenters. The molecule has 198 valence electrons. The van der Waals surface area contributed by atoms with Crippen molar-refractivity contribution in [2.75, 3.05) is 6.54 Å². The van der Waals surface area contributed by atoms with Crippen molar-refractivity contribution >= 4 is 23.2 Å². The zero-order chi connectivity index (χ0) is 26.8. The second kappa shape index (κ2) is 9.08. The van der Waals surface area contributed by atoms with Gasteiger partial charge in [0.2, 0.25) is 11.8 Å². The van der Waals surface area contributed by atoms with Gasteiger partial charge in [-0.2, -0.15) is 0 Å². The van der Waals surface area contributed by atoms with Crippen LogP contribution < -0.4 is 5.32 Å². The molecule has 7 rings (SSSR count). The van der Waals surface area contributed by atoms with Gasteiger partial charge in [0.05, 0.1) is 39.5 Å². The van der Waals surface area contributed by atoms with Crippen LogP contribution in [0.25, 0.3) is 21.9 Å². The SMILES string of the molecule is CCc1nc2c(c(-c3ccc(C(=O)N[C@H]4CCc5cc(F)ccc54)s3)c1-c1nnc(C)o1)C(=O)N1CCC[C@@H]21. The lowest BCUT2D eigenvalue weighted by Gasteiger charge is -2.15. The van der Waals surface area contributed by atoms with E-state index in [1.165, 1.54) is 17.4 Å². The van der Waals surface area contributed by atoms with E-state index in [1.54, 1.807) is 25.1 Å². The van der Waals surface area contributed by atoms with Crippen LogP contribution in [0.1, 0.15) is 86.7 Å². The maximum atomic E-state index is 13.7. The first-order valence-corrected chi connectivity index (χ1v) is 14.1. The Labute approximate surface area is 228 Å². The molecule has 39 heavy (non-hydrogen) atoms. The molecule has 4 aromatic rings. The van der Waals surface area contributed by atoms with Gasteiger partial charge in [-0.1, -0.05) is 13.0 Å². The van der Waals surface area contributed by atoms with Crippen LogP contribution in [0.4, 0.5) is 4.39 Å². The molecule has 0 unspecified atom stereocenters. The Bertz CT molecular complexity index is 1660. The van der Waals surface area contributed by atoms with Gasteiger partial charge in [0, 0.05) is 23.9 Å². The second-order valence-corrected chi connectivity index (χ2v) is 11.4. The summed E-state index contributed by atoms with van der Waals surface area (Å²) in [6.45, 7) is 4.46. The van der Waals surface area contributed by atoms with Crippen LogP contribution in [0.2, 0.25) is 0 Å². The number of fused-ring (bicyclic) bond motifs is 4. The Morgan fingerprint density at radius 1 is 1.18 bits per heavy atom. The van der Waals surface area contributed by atoms with E-state index in [1.807, 2.05) is 17.9 Å². The molecule has 1 aromatic carbocycles. The number of nitrogens with one attached hydrogen (secondary N) is 1. The largest absolute Gasteiger partial charge is 0.421 e. The van der Waals surface area contributed by atoms with Crippen molar-refractivity contribution in [2.45, 2.75) is 58.0 Å². The molecule has 1 aliphatic carbocycles. The first-order chi connectivity index (χ1) is 18.9. The highest BCUT2D eigenvalue weighted by atomic mass is 32.1. The maximum Gasteiger partial charge on any atom is 0.261 e. The number of rotatable bonds is 5. The van der Waals surface area contributed by atoms with Crippen molar-refractivity contribution in [1.29, 1.82) is 0 Å². The van der Waals surface area contributed by atoms with Gasteiger partial charge < -0.3 is 14.6 Å². The van der Waals surface area contributed by atoms with E-state index >= 15 is 0 Å². The summed E-state index contributed by atoms with van der Waals surface area (Å²) in [7, 11) is 0. The number of nitrogens with zero attached hydrogens (tertiary/aromatic N) is 4. The molecule has 0 bridgehead atoms. The Morgan fingerprint density at radius 2 is 2.05 bits per heavy atom. The van der Waals surface area contributed by atoms with Crippen molar-refractivity contribution in [2.24, 2.45) is 0 Å². The quantitative estimate of drug-likeness (QED) is 0.353. The van der Waals surface area contributed by atoms with E-state index in [0.717, 1.165) is 53.1 Å². The predicted molar refractivity (Wildman–Crippen MR) is 143 cm³/mol. The fourth-order valence-electron chi connectivity index (χ4n) is 6.24. The Kier molecular flexibility index (Phi) is 5.62. The number of aromatic nitrogens is 3. The Morgan fingerprint density at radius 3 is 2.85 bits per heavy atom. The van der Waals surface area contributed by atoms with Gasteiger partial charge in [0.25, 0.3) is 11.8 Å². The van der Waals surface area contributed by atoms with Crippen molar-refractivity contribution in [3.63, 3.8) is 0 Å². The number of pyridine rings is 1. The number of carbonyl (C=O) groups is 2. The summed E-state index contributed by atoms with van der Waals surface area (Å²) < 4.78 is 19.5. The van der Waals surface area contributed by atoms with Gasteiger partial charge >= 0.3 is 0 Å². The lowest BCUT2D eigenvalue weighted by molar-refractivity contribution is 0.0776. The zero-order valence-electron chi connectivity index (χ0n) is 21.6. The molecule has 0 saturated carbocycles. The van der Waals surface area contributed by atoms with Crippen LogP contribution >= 0.6 is 11.3 Å². The molecule has 10 heteroatoms. The lowest BCUT2D eigenvalue weighted by Crippen LogP contribution is -2.26. The summed E-state index contributed by atoms with van der Waals surface area (Å²) in [5, 5.41) is 11.4. The third kappa shape index (κ3) is 3.80. The lowest BCUT2D eigenvalue weighted by atomic mass is 9.94. The van der Waals surface area contributed by atoms with Crippen LogP contribution in [0.15, 0.2) is 34.7 Å². The third-order valence-electron chi connectivity index (χ3n) is 7.98. The van der Waals surface area contributed by atoms with Crippen LogP contribution in [0, 0.1) is 12.7 Å². The third-order valence-corrected chi connectivity index (χ3v) is 9.08. The number of hydrogen-bond acceptors (Lipinski definition) is 7. The molecule has 1 N–H and O–H groups in total. The van der Waals surface area contributed by atoms with E-state index in [-0.39, 0.29) is 29.7 Å². The molecule has 0 radical (unpaired) electrons. The van der Waals surface area contributed by atoms with Gasteiger partial charge in [-0.15, -0.1) is 21.5 Å². The first kappa shape index (κ1) is 24.1. The summed E-state index contributed by atoms with van der Waals surface area (Å²) in [6, 6.07) is 8.22. The maximum absolute atomic E-state index is 13.7. The molecule has 1 fully saturated rings. The number of amides is 2. The Hall–Kier alpha value is -3.92. The van der Waals surface area contributed by atoms with Crippen LogP contribution in [-0.2, 0) is 12.8 Å². The number of thiophene rings is 1. The summed E-state index contributed by atoms with van der Waals surface area (Å²) in [5.41, 5.74) is 5.44. The highest BCUT2D eigenvalue weighted by Crippen LogP contribution is 2.49. The highest BCUT2D eigenvalue weighted by molar-refractivity contribution is 7.17. The van der Waals surface area contributed by atoms with E-state index in [9.17, 15) is 14.0 Å². The normalized spacial score (nSPS) is 19.4. The number of benzene rings is 1. The molecule has 5 heterocycles. The molecule has 0 spiro atoms. The molecule has 2 amide bonds. The van der Waals surface area contributed by atoms with E-state index in [4.69, 9.17) is 9.40 Å². The minimum atomic E-state index is -0.262. The molecule has 3 aliphatic rings. The molecule has 2 aliphatic heterocycles. The molecule has 3 aromatic heterocycles. The molecular formula is C29H26FN5O3S. The topological polar surface area (TPSA) is 101 Å². The number of carbonyl (C=O) groups excluding carboxylic acids is 2. The van der Waals surface area contributed by atoms with Crippen LogP contribution in [0.3, 0.4) is 0 Å². The number of halogens is 1. The first-order valence-electron chi connectivity index (χ1n) is 13.3. The van der Waals surface area contributed by atoms with Gasteiger partial charge in [0.15, 0.2) is 0 Å². The standard InChI is InChI=1S/C29H26FN5O3S/c1-3-18-23(28-34-33-14(2)38-28)24(25-26(31-18)20-5-4-12-35(20)29(25)37)21-10-11-22(39-21)27(36)32-19-9-6-15-13-16(30)7-8-17(15)19/h7-8,10-11,13,19-20H,3-6,9,12H2,1-2H3,(H,32,36)/t19-,20-/m0/s1. The highest BCUT2D eigenvalue weighted by Gasteiger charge is 2.44. The molecule has 1 saturated heterocycles. The van der Waals surface area contributed by atoms with Crippen molar-refractivity contribution in [3.05, 3.63) is 75.0 Å². The van der Waals surface area contributed by atoms with E-state index in [2.05, 4.69) is 15.5 Å². The minimum absolute atomic E-state index is 0.0231. The van der Waals surface area contributed by atoms with Crippen LogP contribution in [0.5, 0.6) is 0 Å². The fourth-order valence-corrected chi connectivity index (χ4v) is 7.21. The second-order valence-electron chi connectivity index (χ2n) is 10.3. The number of hydrogen-bond donors (Lipinski definition) is 1. The van der Waals surface area contributed by atoms with Crippen molar-refractivity contribution in [1.82, 2.24) is 25.4 Å².